The Hall–Kier alpha value is -2.08. The summed E-state index contributed by atoms with van der Waals surface area (Å²) >= 11 is 1.34. The average Bonchev–Trinajstić information content (AvgIpc) is 2.56. The van der Waals surface area contributed by atoms with Crippen LogP contribution in [0.15, 0.2) is 41.4 Å². The topological polar surface area (TPSA) is 59.4 Å². The molecule has 0 amide bonds. The van der Waals surface area contributed by atoms with Crippen LogP contribution in [0, 0.1) is 5.82 Å². The van der Waals surface area contributed by atoms with E-state index in [9.17, 15) is 9.18 Å². The molecule has 25 heavy (non-hydrogen) atoms. The van der Waals surface area contributed by atoms with Crippen LogP contribution in [0.2, 0.25) is 0 Å². The Morgan fingerprint density at radius 2 is 2.20 bits per heavy atom. The first-order valence-electron chi connectivity index (χ1n) is 8.39. The highest BCUT2D eigenvalue weighted by Crippen LogP contribution is 2.34. The van der Waals surface area contributed by atoms with Crippen molar-refractivity contribution >= 4 is 17.7 Å². The quantitative estimate of drug-likeness (QED) is 0.542. The van der Waals surface area contributed by atoms with E-state index < -0.39 is 5.97 Å². The molecule has 1 saturated carbocycles. The van der Waals surface area contributed by atoms with E-state index in [1.807, 2.05) is 18.2 Å². The number of carbonyl (C=O) groups is 1. The summed E-state index contributed by atoms with van der Waals surface area (Å²) in [6.45, 7) is 0. The van der Waals surface area contributed by atoms with Gasteiger partial charge in [-0.05, 0) is 61.3 Å². The number of carboxylic acid groups (broad SMARTS) is 1. The highest BCUT2D eigenvalue weighted by molar-refractivity contribution is 7.99. The molecule has 3 rings (SSSR count). The highest BCUT2D eigenvalue weighted by atomic mass is 32.2. The number of aliphatic carboxylic acids is 1. The fourth-order valence-corrected chi connectivity index (χ4v) is 3.41. The first-order chi connectivity index (χ1) is 12.1. The SMILES string of the molecule is O=C(O)CCCSc1ccc(-c2cccnc2OC2CCC2)cc1F. The van der Waals surface area contributed by atoms with Crippen molar-refractivity contribution in [1.29, 1.82) is 0 Å². The summed E-state index contributed by atoms with van der Waals surface area (Å²) in [5.74, 6) is -0.0115. The summed E-state index contributed by atoms with van der Waals surface area (Å²) in [6, 6.07) is 8.78. The molecular weight excluding hydrogens is 341 g/mol. The number of pyridine rings is 1. The maximum absolute atomic E-state index is 14.4. The van der Waals surface area contributed by atoms with Gasteiger partial charge in [0.25, 0.3) is 0 Å². The standard InChI is InChI=1S/C19H20FNO3S/c20-16-12-13(8-9-17(16)25-11-3-7-18(22)23)15-6-2-10-21-19(15)24-14-4-1-5-14/h2,6,8-10,12,14H,1,3-5,7,11H2,(H,22,23). The third-order valence-electron chi connectivity index (χ3n) is 4.14. The van der Waals surface area contributed by atoms with E-state index in [1.54, 1.807) is 12.3 Å². The predicted octanol–water partition coefficient (Wildman–Crippen LogP) is 4.78. The molecule has 0 saturated heterocycles. The molecule has 1 heterocycles. The van der Waals surface area contributed by atoms with Gasteiger partial charge in [-0.25, -0.2) is 9.37 Å². The van der Waals surface area contributed by atoms with E-state index in [4.69, 9.17) is 9.84 Å². The van der Waals surface area contributed by atoms with Crippen LogP contribution in [-0.2, 0) is 4.79 Å². The second-order valence-electron chi connectivity index (χ2n) is 6.02. The Morgan fingerprint density at radius 3 is 2.88 bits per heavy atom. The molecule has 1 N–H and O–H groups in total. The summed E-state index contributed by atoms with van der Waals surface area (Å²) in [5, 5.41) is 8.64. The smallest absolute Gasteiger partial charge is 0.303 e. The van der Waals surface area contributed by atoms with Gasteiger partial charge in [-0.3, -0.25) is 4.79 Å². The van der Waals surface area contributed by atoms with E-state index in [2.05, 4.69) is 4.98 Å². The van der Waals surface area contributed by atoms with Crippen LogP contribution in [-0.4, -0.2) is 27.9 Å². The van der Waals surface area contributed by atoms with Gasteiger partial charge in [0.1, 0.15) is 11.9 Å². The van der Waals surface area contributed by atoms with Gasteiger partial charge in [0.15, 0.2) is 0 Å². The minimum atomic E-state index is -0.827. The maximum Gasteiger partial charge on any atom is 0.303 e. The molecule has 4 nitrogen and oxygen atoms in total. The van der Waals surface area contributed by atoms with Gasteiger partial charge in [-0.1, -0.05) is 6.07 Å². The molecule has 0 aliphatic heterocycles. The second-order valence-corrected chi connectivity index (χ2v) is 7.15. The number of halogens is 1. The first kappa shape index (κ1) is 17.7. The molecule has 1 aliphatic rings. The van der Waals surface area contributed by atoms with Gasteiger partial charge in [0.05, 0.1) is 0 Å². The number of thioether (sulfide) groups is 1. The number of hydrogen-bond donors (Lipinski definition) is 1. The number of carboxylic acids is 1. The molecule has 0 bridgehead atoms. The first-order valence-corrected chi connectivity index (χ1v) is 9.38. The minimum absolute atomic E-state index is 0.101. The van der Waals surface area contributed by atoms with E-state index in [1.165, 1.54) is 24.2 Å². The highest BCUT2D eigenvalue weighted by Gasteiger charge is 2.21. The van der Waals surface area contributed by atoms with Crippen molar-refractivity contribution in [2.75, 3.05) is 5.75 Å². The second kappa shape index (κ2) is 8.34. The summed E-state index contributed by atoms with van der Waals surface area (Å²) in [7, 11) is 0. The molecule has 1 aromatic heterocycles. The average molecular weight is 361 g/mol. The van der Waals surface area contributed by atoms with Gasteiger partial charge < -0.3 is 9.84 Å². The van der Waals surface area contributed by atoms with Crippen LogP contribution in [0.3, 0.4) is 0 Å². The van der Waals surface area contributed by atoms with Crippen molar-refractivity contribution in [2.24, 2.45) is 0 Å². The lowest BCUT2D eigenvalue weighted by Crippen LogP contribution is -2.25. The monoisotopic (exact) mass is 361 g/mol. The largest absolute Gasteiger partial charge is 0.481 e. The van der Waals surface area contributed by atoms with E-state index in [0.29, 0.717) is 22.9 Å². The fourth-order valence-electron chi connectivity index (χ4n) is 2.54. The summed E-state index contributed by atoms with van der Waals surface area (Å²) in [5.41, 5.74) is 1.52. The molecule has 2 aromatic rings. The van der Waals surface area contributed by atoms with Gasteiger partial charge in [-0.15, -0.1) is 11.8 Å². The van der Waals surface area contributed by atoms with Crippen molar-refractivity contribution in [3.63, 3.8) is 0 Å². The van der Waals surface area contributed by atoms with E-state index in [-0.39, 0.29) is 18.3 Å². The Morgan fingerprint density at radius 1 is 1.36 bits per heavy atom. The normalized spacial score (nSPS) is 14.1. The molecule has 132 valence electrons. The fraction of sp³-hybridized carbons (Fsp3) is 0.368. The molecule has 1 aliphatic carbocycles. The van der Waals surface area contributed by atoms with Crippen molar-refractivity contribution in [3.8, 4) is 17.0 Å². The van der Waals surface area contributed by atoms with Gasteiger partial charge >= 0.3 is 5.97 Å². The third-order valence-corrected chi connectivity index (χ3v) is 5.27. The summed E-state index contributed by atoms with van der Waals surface area (Å²) in [4.78, 5) is 15.3. The zero-order chi connectivity index (χ0) is 17.6. The number of rotatable bonds is 8. The molecule has 0 atom stereocenters. The zero-order valence-electron chi connectivity index (χ0n) is 13.8. The molecule has 6 heteroatoms. The Balaban J connectivity index is 1.71. The minimum Gasteiger partial charge on any atom is -0.481 e. The lowest BCUT2D eigenvalue weighted by atomic mass is 9.96. The van der Waals surface area contributed by atoms with Crippen molar-refractivity contribution in [1.82, 2.24) is 4.98 Å². The van der Waals surface area contributed by atoms with Gasteiger partial charge in [0, 0.05) is 23.1 Å². The predicted molar refractivity (Wildman–Crippen MR) is 95.5 cm³/mol. The number of nitrogens with zero attached hydrogens (tertiary/aromatic N) is 1. The van der Waals surface area contributed by atoms with Crippen molar-refractivity contribution in [3.05, 3.63) is 42.3 Å². The third kappa shape index (κ3) is 4.72. The van der Waals surface area contributed by atoms with E-state index >= 15 is 0 Å². The zero-order valence-corrected chi connectivity index (χ0v) is 14.6. The number of ether oxygens (including phenoxy) is 1. The van der Waals surface area contributed by atoms with Crippen molar-refractivity contribution in [2.45, 2.75) is 43.1 Å². The molecular formula is C19H20FNO3S. The number of hydrogen-bond acceptors (Lipinski definition) is 4. The summed E-state index contributed by atoms with van der Waals surface area (Å²) < 4.78 is 20.3. The number of benzene rings is 1. The Kier molecular flexibility index (Phi) is 5.91. The van der Waals surface area contributed by atoms with Crippen LogP contribution in [0.1, 0.15) is 32.1 Å². The molecule has 0 spiro atoms. The van der Waals surface area contributed by atoms with Gasteiger partial charge in [-0.2, -0.15) is 0 Å². The lowest BCUT2D eigenvalue weighted by Gasteiger charge is -2.26. The lowest BCUT2D eigenvalue weighted by molar-refractivity contribution is -0.137. The Bertz CT molecular complexity index is 749. The van der Waals surface area contributed by atoms with Crippen LogP contribution in [0.4, 0.5) is 4.39 Å². The molecule has 1 fully saturated rings. The van der Waals surface area contributed by atoms with Crippen LogP contribution in [0.5, 0.6) is 5.88 Å². The van der Waals surface area contributed by atoms with Crippen molar-refractivity contribution < 1.29 is 19.0 Å². The van der Waals surface area contributed by atoms with Gasteiger partial charge in [0.2, 0.25) is 5.88 Å². The van der Waals surface area contributed by atoms with Crippen LogP contribution in [0.25, 0.3) is 11.1 Å². The number of aromatic nitrogens is 1. The molecule has 0 unspecified atom stereocenters. The summed E-state index contributed by atoms with van der Waals surface area (Å²) in [6.07, 6.45) is 5.76. The Labute approximate surface area is 150 Å². The molecule has 1 aromatic carbocycles. The maximum atomic E-state index is 14.4. The molecule has 0 radical (unpaired) electrons. The van der Waals surface area contributed by atoms with E-state index in [0.717, 1.165) is 24.0 Å². The van der Waals surface area contributed by atoms with Crippen LogP contribution < -0.4 is 4.74 Å². The van der Waals surface area contributed by atoms with Crippen LogP contribution >= 0.6 is 11.8 Å².